The summed E-state index contributed by atoms with van der Waals surface area (Å²) in [6.45, 7) is 13.2. The van der Waals surface area contributed by atoms with Gasteiger partial charge in [0.15, 0.2) is 17.3 Å². The van der Waals surface area contributed by atoms with Crippen LogP contribution < -0.4 is 0 Å². The van der Waals surface area contributed by atoms with E-state index in [1.54, 1.807) is 30.6 Å². The number of pyridine rings is 6. The van der Waals surface area contributed by atoms with Crippen molar-refractivity contribution in [2.45, 2.75) is 60.8 Å². The van der Waals surface area contributed by atoms with Crippen LogP contribution in [0.25, 0.3) is 89.1 Å². The maximum absolute atomic E-state index is 13.1. The van der Waals surface area contributed by atoms with Gasteiger partial charge in [0.2, 0.25) is 0 Å². The minimum absolute atomic E-state index is 0. The van der Waals surface area contributed by atoms with Crippen molar-refractivity contribution in [1.82, 2.24) is 29.9 Å². The molecule has 13 aromatic rings. The van der Waals surface area contributed by atoms with Crippen molar-refractivity contribution in [3.8, 4) is 67.4 Å². The molecule has 5 radical (unpaired) electrons. The molecule has 1 aliphatic carbocycles. The summed E-state index contributed by atoms with van der Waals surface area (Å²) in [4.78, 5) is 54.7. The van der Waals surface area contributed by atoms with E-state index in [0.717, 1.165) is 56.6 Å². The Morgan fingerprint density at radius 1 is 0.390 bits per heavy atom. The zero-order valence-corrected chi connectivity index (χ0v) is 70.2. The predicted octanol–water partition coefficient (Wildman–Crippen LogP) is 20.1. The van der Waals surface area contributed by atoms with Crippen molar-refractivity contribution in [3.05, 3.63) is 350 Å². The van der Waals surface area contributed by atoms with Crippen molar-refractivity contribution in [2.24, 2.45) is 0 Å². The average molecular weight is 2290 g/mol. The van der Waals surface area contributed by atoms with Crippen LogP contribution in [-0.2, 0) is 120 Å². The summed E-state index contributed by atoms with van der Waals surface area (Å²) in [5.41, 5.74) is 15.0. The first-order valence-corrected chi connectivity index (χ1v) is 31.6. The fourth-order valence-corrected chi connectivity index (χ4v) is 9.97. The Bertz CT molecular complexity index is 4660. The van der Waals surface area contributed by atoms with Crippen molar-refractivity contribution in [3.63, 3.8) is 0 Å². The smallest absolute Gasteiger partial charge is 0.155 e. The van der Waals surface area contributed by atoms with Gasteiger partial charge in [0.25, 0.3) is 0 Å². The molecular formula is C86H73F2Ir5N6O6-5. The number of carbonyl (C=O) groups is 3. The van der Waals surface area contributed by atoms with Crippen LogP contribution in [0.1, 0.15) is 66.5 Å². The monoisotopic (exact) mass is 2290 g/mol. The van der Waals surface area contributed by atoms with Crippen LogP contribution in [0.3, 0.4) is 0 Å². The number of aliphatic hydroxyl groups excluding tert-OH is 3. The molecule has 0 saturated heterocycles. The third kappa shape index (κ3) is 30.0. The second kappa shape index (κ2) is 47.9. The van der Waals surface area contributed by atoms with E-state index in [4.69, 9.17) is 15.3 Å². The van der Waals surface area contributed by atoms with Gasteiger partial charge in [-0.15, -0.1) is 143 Å². The Labute approximate surface area is 680 Å². The number of aromatic nitrogens is 6. The van der Waals surface area contributed by atoms with Crippen molar-refractivity contribution < 1.29 is 139 Å². The molecule has 547 valence electrons. The van der Waals surface area contributed by atoms with Crippen molar-refractivity contribution in [1.29, 1.82) is 0 Å². The van der Waals surface area contributed by atoms with E-state index in [0.29, 0.717) is 5.69 Å². The van der Waals surface area contributed by atoms with Gasteiger partial charge in [0.1, 0.15) is 11.9 Å². The van der Waals surface area contributed by atoms with E-state index in [9.17, 15) is 23.2 Å². The number of benzene rings is 7. The molecule has 0 atom stereocenters. The summed E-state index contributed by atoms with van der Waals surface area (Å²) in [6, 6.07) is 92.5. The first-order chi connectivity index (χ1) is 48.2. The van der Waals surface area contributed by atoms with Crippen LogP contribution in [0.15, 0.2) is 297 Å². The maximum Gasteiger partial charge on any atom is 0.155 e. The molecule has 0 amide bonds. The number of aliphatic hydroxyl groups is 3. The molecule has 0 unspecified atom stereocenters. The molecule has 0 spiro atoms. The Morgan fingerprint density at radius 3 is 1.30 bits per heavy atom. The molecule has 3 N–H and O–H groups in total. The first kappa shape index (κ1) is 91.8. The number of ketones is 3. The summed E-state index contributed by atoms with van der Waals surface area (Å²) in [6.07, 6.45) is 10.5. The number of hydrogen-bond acceptors (Lipinski definition) is 12. The van der Waals surface area contributed by atoms with E-state index in [1.807, 2.05) is 140 Å². The molecule has 19 heteroatoms. The van der Waals surface area contributed by atoms with Gasteiger partial charge in [-0.2, -0.15) is 0 Å². The largest absolute Gasteiger partial charge is 0.512 e. The van der Waals surface area contributed by atoms with Crippen LogP contribution in [0.2, 0.25) is 0 Å². The van der Waals surface area contributed by atoms with Gasteiger partial charge < -0.3 is 35.3 Å². The second-order valence-electron chi connectivity index (χ2n) is 22.7. The fourth-order valence-electron chi connectivity index (χ4n) is 9.97. The van der Waals surface area contributed by atoms with Crippen LogP contribution in [0, 0.1) is 42.2 Å². The van der Waals surface area contributed by atoms with Gasteiger partial charge in [-0.3, -0.25) is 24.4 Å². The molecule has 6 heterocycles. The Balaban J connectivity index is 0.000000421. The summed E-state index contributed by atoms with van der Waals surface area (Å²) >= 11 is 0. The van der Waals surface area contributed by atoms with Crippen LogP contribution in [-0.4, -0.2) is 62.6 Å². The number of fused-ring (bicyclic) bond motifs is 5. The summed E-state index contributed by atoms with van der Waals surface area (Å²) < 4.78 is 25.6. The molecule has 14 rings (SSSR count). The Kier molecular flexibility index (Phi) is 41.9. The molecule has 7 aromatic carbocycles. The SMILES string of the molecule is CC(=O)C=C(C)O.CC(=O)C=C(C)O.CC(=O)C=C(C)O.CC1(C)c2ccccc2-c2c[c-]c(-c3nccc4ccccc34)cc21.Fc1c[c-]c(-c2ccccn2)c(F)n1.[Ir].[Ir].[Ir].[Ir].[Ir].[c-]1ccccc1-c1ccc2ccccc2n1.[c-]1ccccc1-c1ccccn1.[c-]1ccccc1-c1ccccn1. The zero-order chi connectivity index (χ0) is 71.8. The molecule has 12 nitrogen and oxygen atoms in total. The Morgan fingerprint density at radius 2 is 0.838 bits per heavy atom. The normalized spacial score (nSPS) is 10.9. The van der Waals surface area contributed by atoms with Gasteiger partial charge in [0, 0.05) is 144 Å². The first-order valence-electron chi connectivity index (χ1n) is 31.6. The van der Waals surface area contributed by atoms with E-state index >= 15 is 0 Å². The van der Waals surface area contributed by atoms with E-state index in [2.05, 4.69) is 153 Å². The van der Waals surface area contributed by atoms with E-state index in [1.165, 1.54) is 104 Å². The standard InChI is InChI=1S/C24H18N.C15H10N.2C11H8N.C10H5F2N2.3C5H8O2.5Ir/c1-24(2)21-10-6-5-9-19(21)20-12-11-17(15-22(20)24)23-18-8-4-3-7-16(18)13-14-25-23;1-2-6-12(7-3-1)15-11-10-13-8-4-5-9-14(13)16-15;2*1-2-6-10(7-3-1)11-8-4-5-9-12-11;11-9-5-4-7(10(12)14-9)8-3-1-2-6-13-8;3*1-4(6)3-5(2)7;;;;;/h3-10,12-15H,1-2H3;1-6,8-11H;2*1-6,8-9H;1-3,5-6H;3*3,6H,1-2H3;;;;;/q5*-1;;;;;;;;. The molecule has 0 aliphatic heterocycles. The molecule has 6 aromatic heterocycles. The molecule has 0 bridgehead atoms. The van der Waals surface area contributed by atoms with Crippen LogP contribution >= 0.6 is 0 Å². The maximum atomic E-state index is 13.1. The summed E-state index contributed by atoms with van der Waals surface area (Å²) in [7, 11) is 0. The van der Waals surface area contributed by atoms with Gasteiger partial charge >= 0.3 is 0 Å². The molecule has 0 fully saturated rings. The van der Waals surface area contributed by atoms with E-state index in [-0.39, 0.29) is 146 Å². The number of rotatable bonds is 8. The fraction of sp³-hybridized carbons (Fsp3) is 0.105. The quantitative estimate of drug-likeness (QED) is 0.0566. The molecule has 1 aliphatic rings. The van der Waals surface area contributed by atoms with E-state index < -0.39 is 11.9 Å². The number of hydrogen-bond donors (Lipinski definition) is 3. The van der Waals surface area contributed by atoms with Crippen LogP contribution in [0.5, 0.6) is 0 Å². The number of carbonyl (C=O) groups excluding carboxylic acids is 3. The minimum Gasteiger partial charge on any atom is -0.512 e. The molecular weight excluding hydrogens is 2210 g/mol. The van der Waals surface area contributed by atoms with Crippen molar-refractivity contribution >= 4 is 39.0 Å². The number of halogens is 2. The summed E-state index contributed by atoms with van der Waals surface area (Å²) in [5.74, 6) is -1.97. The number of nitrogens with zero attached hydrogens (tertiary/aromatic N) is 6. The van der Waals surface area contributed by atoms with Crippen LogP contribution in [0.4, 0.5) is 8.78 Å². The van der Waals surface area contributed by atoms with Crippen molar-refractivity contribution in [2.75, 3.05) is 0 Å². The number of allylic oxidation sites excluding steroid dienone is 6. The minimum atomic E-state index is -0.899. The van der Waals surface area contributed by atoms with Gasteiger partial charge in [-0.25, -0.2) is 8.78 Å². The predicted molar refractivity (Wildman–Crippen MR) is 394 cm³/mol. The third-order valence-electron chi connectivity index (χ3n) is 14.2. The number of para-hydroxylation sites is 1. The topological polar surface area (TPSA) is 189 Å². The van der Waals surface area contributed by atoms with Gasteiger partial charge in [-0.1, -0.05) is 152 Å². The van der Waals surface area contributed by atoms with Gasteiger partial charge in [-0.05, 0) is 127 Å². The summed E-state index contributed by atoms with van der Waals surface area (Å²) in [5, 5.41) is 28.6. The average Bonchev–Trinajstić information content (AvgIpc) is 1.58. The molecule has 105 heavy (non-hydrogen) atoms. The second-order valence-corrected chi connectivity index (χ2v) is 22.7. The third-order valence-corrected chi connectivity index (χ3v) is 14.2. The van der Waals surface area contributed by atoms with Gasteiger partial charge in [0.05, 0.1) is 22.8 Å². The zero-order valence-electron chi connectivity index (χ0n) is 58.2. The molecule has 0 saturated carbocycles. The Hall–Kier alpha value is -9.30.